The normalized spacial score (nSPS) is 11.1. The summed E-state index contributed by atoms with van der Waals surface area (Å²) >= 11 is 1.28. The minimum Gasteiger partial charge on any atom is -0.355 e. The van der Waals surface area contributed by atoms with E-state index in [1.807, 2.05) is 44.2 Å². The van der Waals surface area contributed by atoms with E-state index in [1.165, 1.54) is 26.0 Å². The van der Waals surface area contributed by atoms with Gasteiger partial charge in [-0.15, -0.1) is 11.3 Å². The maximum Gasteiger partial charge on any atom is 0.336 e. The van der Waals surface area contributed by atoms with Crippen molar-refractivity contribution in [1.29, 1.82) is 0 Å². The zero-order valence-corrected chi connectivity index (χ0v) is 18.9. The molecule has 32 heavy (non-hydrogen) atoms. The van der Waals surface area contributed by atoms with Crippen LogP contribution in [0.4, 0.5) is 0 Å². The van der Waals surface area contributed by atoms with Gasteiger partial charge in [-0.2, -0.15) is 0 Å². The van der Waals surface area contributed by atoms with Crippen LogP contribution in [0.5, 0.6) is 0 Å². The molecule has 2 heterocycles. The number of carbonyl (C=O) groups is 1. The smallest absolute Gasteiger partial charge is 0.336 e. The van der Waals surface area contributed by atoms with Gasteiger partial charge < -0.3 is 5.32 Å². The fraction of sp³-hybridized carbons (Fsp3) is 0.240. The Kier molecular flexibility index (Phi) is 6.37. The topological polar surface area (TPSA) is 73.1 Å². The molecular weight excluding hydrogens is 422 g/mol. The first kappa shape index (κ1) is 21.8. The van der Waals surface area contributed by atoms with E-state index in [9.17, 15) is 14.4 Å². The number of amides is 1. The van der Waals surface area contributed by atoms with Gasteiger partial charge >= 0.3 is 5.69 Å². The second-order valence-corrected chi connectivity index (χ2v) is 8.72. The van der Waals surface area contributed by atoms with Gasteiger partial charge in [0.25, 0.3) is 5.56 Å². The van der Waals surface area contributed by atoms with Crippen LogP contribution in [0.1, 0.15) is 23.1 Å². The first-order chi connectivity index (χ1) is 15.5. The highest BCUT2D eigenvalue weighted by molar-refractivity contribution is 7.17. The summed E-state index contributed by atoms with van der Waals surface area (Å²) in [5, 5.41) is 4.67. The molecule has 2 aromatic heterocycles. The predicted octanol–water partition coefficient (Wildman–Crippen LogP) is 3.58. The minimum absolute atomic E-state index is 0.136. The van der Waals surface area contributed by atoms with Crippen molar-refractivity contribution in [3.05, 3.63) is 97.5 Å². The molecule has 4 aromatic rings. The molecule has 2 aromatic carbocycles. The van der Waals surface area contributed by atoms with Gasteiger partial charge in [0.2, 0.25) is 5.91 Å². The maximum atomic E-state index is 13.4. The second-order valence-electron chi connectivity index (χ2n) is 7.80. The van der Waals surface area contributed by atoms with Gasteiger partial charge in [0.15, 0.2) is 0 Å². The van der Waals surface area contributed by atoms with Crippen LogP contribution in [0.3, 0.4) is 0 Å². The Bertz CT molecular complexity index is 1380. The molecule has 0 saturated carbocycles. The lowest BCUT2D eigenvalue weighted by Gasteiger charge is -2.14. The SMILES string of the molecule is Cc1cccc(-n2c(=O)c3sccc3n(CC(=O)NCCCc3ccccc3)c2=O)c1C. The highest BCUT2D eigenvalue weighted by Gasteiger charge is 2.18. The van der Waals surface area contributed by atoms with Crippen molar-refractivity contribution in [2.24, 2.45) is 0 Å². The summed E-state index contributed by atoms with van der Waals surface area (Å²) in [4.78, 5) is 39.1. The Morgan fingerprint density at radius 1 is 1.00 bits per heavy atom. The molecule has 0 aliphatic rings. The van der Waals surface area contributed by atoms with Crippen LogP contribution in [0.15, 0.2) is 69.6 Å². The van der Waals surface area contributed by atoms with Gasteiger partial charge in [-0.3, -0.25) is 14.2 Å². The number of aryl methyl sites for hydroxylation is 2. The molecular formula is C25H25N3O3S. The number of nitrogens with one attached hydrogen (secondary N) is 1. The third-order valence-electron chi connectivity index (χ3n) is 5.68. The standard InChI is InChI=1S/C25H25N3O3S/c1-17-8-6-12-20(18(17)2)28-24(30)23-21(13-15-32-23)27(25(28)31)16-22(29)26-14-7-11-19-9-4-3-5-10-19/h3-6,8-10,12-13,15H,7,11,14,16H2,1-2H3,(H,26,29). The molecule has 0 aliphatic heterocycles. The van der Waals surface area contributed by atoms with E-state index in [2.05, 4.69) is 17.4 Å². The van der Waals surface area contributed by atoms with Crippen LogP contribution in [0, 0.1) is 13.8 Å². The molecule has 1 N–H and O–H groups in total. The number of benzene rings is 2. The van der Waals surface area contributed by atoms with E-state index < -0.39 is 5.69 Å². The Morgan fingerprint density at radius 2 is 1.78 bits per heavy atom. The van der Waals surface area contributed by atoms with Crippen molar-refractivity contribution < 1.29 is 4.79 Å². The minimum atomic E-state index is -0.506. The summed E-state index contributed by atoms with van der Waals surface area (Å²) in [7, 11) is 0. The fourth-order valence-corrected chi connectivity index (χ4v) is 4.62. The van der Waals surface area contributed by atoms with Gasteiger partial charge in [0.05, 0.1) is 11.2 Å². The van der Waals surface area contributed by atoms with Crippen LogP contribution in [-0.4, -0.2) is 21.6 Å². The Hall–Kier alpha value is -3.45. The van der Waals surface area contributed by atoms with Crippen molar-refractivity contribution in [2.45, 2.75) is 33.2 Å². The van der Waals surface area contributed by atoms with E-state index in [0.717, 1.165) is 24.0 Å². The number of nitrogens with zero attached hydrogens (tertiary/aromatic N) is 2. The monoisotopic (exact) mass is 447 g/mol. The molecule has 4 rings (SSSR count). The third-order valence-corrected chi connectivity index (χ3v) is 6.57. The molecule has 0 atom stereocenters. The van der Waals surface area contributed by atoms with Crippen molar-refractivity contribution >= 4 is 27.5 Å². The van der Waals surface area contributed by atoms with Crippen LogP contribution in [-0.2, 0) is 17.8 Å². The summed E-state index contributed by atoms with van der Waals surface area (Å²) in [5.41, 5.74) is 3.25. The number of carbonyl (C=O) groups excluding carboxylic acids is 1. The first-order valence-corrected chi connectivity index (χ1v) is 11.5. The summed E-state index contributed by atoms with van der Waals surface area (Å²) in [6, 6.07) is 17.3. The van der Waals surface area contributed by atoms with Crippen LogP contribution >= 0.6 is 11.3 Å². The fourth-order valence-electron chi connectivity index (χ4n) is 3.79. The Labute approximate surface area is 189 Å². The number of rotatable bonds is 7. The summed E-state index contributed by atoms with van der Waals surface area (Å²) in [6.07, 6.45) is 1.67. The lowest BCUT2D eigenvalue weighted by Crippen LogP contribution is -2.41. The molecule has 0 unspecified atom stereocenters. The number of fused-ring (bicyclic) bond motifs is 1. The molecule has 164 valence electrons. The molecule has 0 bridgehead atoms. The highest BCUT2D eigenvalue weighted by Crippen LogP contribution is 2.19. The zero-order valence-electron chi connectivity index (χ0n) is 18.1. The van der Waals surface area contributed by atoms with Crippen molar-refractivity contribution in [3.8, 4) is 5.69 Å². The average Bonchev–Trinajstić information content (AvgIpc) is 3.28. The van der Waals surface area contributed by atoms with E-state index in [4.69, 9.17) is 0 Å². The van der Waals surface area contributed by atoms with E-state index in [-0.39, 0.29) is 18.0 Å². The molecule has 1 amide bonds. The van der Waals surface area contributed by atoms with Crippen molar-refractivity contribution in [3.63, 3.8) is 0 Å². The Balaban J connectivity index is 1.59. The van der Waals surface area contributed by atoms with Crippen LogP contribution in [0.25, 0.3) is 15.9 Å². The molecule has 0 aliphatic carbocycles. The summed E-state index contributed by atoms with van der Waals surface area (Å²) in [5.74, 6) is -0.251. The van der Waals surface area contributed by atoms with Crippen molar-refractivity contribution in [1.82, 2.24) is 14.5 Å². The average molecular weight is 448 g/mol. The van der Waals surface area contributed by atoms with Gasteiger partial charge in [0, 0.05) is 6.54 Å². The van der Waals surface area contributed by atoms with Crippen molar-refractivity contribution in [2.75, 3.05) is 6.54 Å². The van der Waals surface area contributed by atoms with Gasteiger partial charge in [0.1, 0.15) is 11.2 Å². The summed E-state index contributed by atoms with van der Waals surface area (Å²) in [6.45, 7) is 4.21. The molecule has 0 radical (unpaired) electrons. The zero-order chi connectivity index (χ0) is 22.7. The van der Waals surface area contributed by atoms with Gasteiger partial charge in [-0.25, -0.2) is 9.36 Å². The molecule has 0 spiro atoms. The second kappa shape index (κ2) is 9.36. The lowest BCUT2D eigenvalue weighted by atomic mass is 10.1. The van der Waals surface area contributed by atoms with Gasteiger partial charge in [-0.1, -0.05) is 42.5 Å². The number of thiophene rings is 1. The predicted molar refractivity (Wildman–Crippen MR) is 129 cm³/mol. The third kappa shape index (κ3) is 4.29. The van der Waals surface area contributed by atoms with E-state index in [0.29, 0.717) is 22.4 Å². The maximum absolute atomic E-state index is 13.4. The number of aromatic nitrogens is 2. The van der Waals surface area contributed by atoms with E-state index in [1.54, 1.807) is 17.5 Å². The number of hydrogen-bond donors (Lipinski definition) is 1. The highest BCUT2D eigenvalue weighted by atomic mass is 32.1. The van der Waals surface area contributed by atoms with Crippen LogP contribution < -0.4 is 16.6 Å². The van der Waals surface area contributed by atoms with Crippen LogP contribution in [0.2, 0.25) is 0 Å². The number of hydrogen-bond acceptors (Lipinski definition) is 4. The quantitative estimate of drug-likeness (QED) is 0.440. The molecule has 0 saturated heterocycles. The van der Waals surface area contributed by atoms with E-state index >= 15 is 0 Å². The Morgan fingerprint density at radius 3 is 2.56 bits per heavy atom. The first-order valence-electron chi connectivity index (χ1n) is 10.6. The lowest BCUT2D eigenvalue weighted by molar-refractivity contribution is -0.121. The molecule has 0 fully saturated rings. The molecule has 7 heteroatoms. The summed E-state index contributed by atoms with van der Waals surface area (Å²) < 4.78 is 3.04. The van der Waals surface area contributed by atoms with Gasteiger partial charge in [-0.05, 0) is 60.9 Å². The molecule has 6 nitrogen and oxygen atoms in total. The largest absolute Gasteiger partial charge is 0.355 e.